The lowest BCUT2D eigenvalue weighted by Crippen LogP contribution is -2.39. The van der Waals surface area contributed by atoms with Gasteiger partial charge in [0.05, 0.1) is 11.6 Å². The summed E-state index contributed by atoms with van der Waals surface area (Å²) in [6, 6.07) is 16.7. The molecule has 5 rings (SSSR count). The maximum absolute atomic E-state index is 14.6. The van der Waals surface area contributed by atoms with Crippen LogP contribution in [0.3, 0.4) is 0 Å². The number of hydrogen-bond acceptors (Lipinski definition) is 5. The fourth-order valence-corrected chi connectivity index (χ4v) is 5.13. The number of amides is 1. The third-order valence-corrected chi connectivity index (χ3v) is 7.68. The Balaban J connectivity index is 1.27. The van der Waals surface area contributed by atoms with Crippen molar-refractivity contribution in [3.63, 3.8) is 0 Å². The van der Waals surface area contributed by atoms with Crippen molar-refractivity contribution in [2.24, 2.45) is 0 Å². The molecule has 1 amide bonds. The minimum absolute atomic E-state index is 0.0621. The van der Waals surface area contributed by atoms with Crippen LogP contribution in [0.15, 0.2) is 70.7 Å². The van der Waals surface area contributed by atoms with E-state index >= 15 is 0 Å². The summed E-state index contributed by atoms with van der Waals surface area (Å²) in [4.78, 5) is 15.6. The van der Waals surface area contributed by atoms with Gasteiger partial charge in [-0.1, -0.05) is 12.1 Å². The molecule has 1 aliphatic heterocycles. The Morgan fingerprint density at radius 3 is 2.50 bits per heavy atom. The Bertz CT molecular complexity index is 1390. The molecule has 3 aromatic carbocycles. The molecule has 6 nitrogen and oxygen atoms in total. The highest BCUT2D eigenvalue weighted by molar-refractivity contribution is 9.10. The lowest BCUT2D eigenvalue weighted by molar-refractivity contribution is -0.128. The van der Waals surface area contributed by atoms with Gasteiger partial charge in [0.25, 0.3) is 5.91 Å². The average Bonchev–Trinajstić information content (AvgIpc) is 3.82. The second-order valence-electron chi connectivity index (χ2n) is 9.80. The maximum atomic E-state index is 14.6. The average molecular weight is 613 g/mol. The summed E-state index contributed by atoms with van der Waals surface area (Å²) in [5.41, 5.74) is 3.11. The Morgan fingerprint density at radius 2 is 1.75 bits per heavy atom. The van der Waals surface area contributed by atoms with Crippen LogP contribution >= 0.6 is 15.9 Å². The van der Waals surface area contributed by atoms with E-state index < -0.39 is 0 Å². The Morgan fingerprint density at radius 1 is 1.00 bits per heavy atom. The van der Waals surface area contributed by atoms with E-state index in [0.717, 1.165) is 30.5 Å². The predicted molar refractivity (Wildman–Crippen MR) is 152 cm³/mol. The first-order valence-electron chi connectivity index (χ1n) is 13.3. The van der Waals surface area contributed by atoms with Crippen LogP contribution in [-0.2, 0) is 11.3 Å². The van der Waals surface area contributed by atoms with Crippen LogP contribution in [0.5, 0.6) is 17.2 Å². The number of halogens is 3. The van der Waals surface area contributed by atoms with Crippen LogP contribution in [0, 0.1) is 11.6 Å². The minimum Gasteiger partial charge on any atom is -0.497 e. The Hall–Kier alpha value is -3.43. The van der Waals surface area contributed by atoms with E-state index in [9.17, 15) is 13.6 Å². The molecule has 9 heteroatoms. The predicted octanol–water partition coefficient (Wildman–Crippen LogP) is 6.13. The fraction of sp³-hybridized carbons (Fsp3) is 0.323. The zero-order chi connectivity index (χ0) is 28.1. The summed E-state index contributed by atoms with van der Waals surface area (Å²) in [7, 11) is 1.54. The molecule has 0 saturated heterocycles. The van der Waals surface area contributed by atoms with E-state index in [1.807, 2.05) is 24.3 Å². The van der Waals surface area contributed by atoms with E-state index in [0.29, 0.717) is 45.8 Å². The molecule has 1 aliphatic carbocycles. The first-order valence-corrected chi connectivity index (χ1v) is 14.1. The number of rotatable bonds is 11. The van der Waals surface area contributed by atoms with Crippen molar-refractivity contribution in [2.75, 3.05) is 33.4 Å². The van der Waals surface area contributed by atoms with Gasteiger partial charge in [-0.15, -0.1) is 0 Å². The summed E-state index contributed by atoms with van der Waals surface area (Å²) in [5.74, 6) is 0.874. The zero-order valence-electron chi connectivity index (χ0n) is 22.2. The quantitative estimate of drug-likeness (QED) is 0.264. The van der Waals surface area contributed by atoms with Gasteiger partial charge in [0.1, 0.15) is 42.1 Å². The van der Waals surface area contributed by atoms with E-state index in [4.69, 9.17) is 14.2 Å². The number of methoxy groups -OCH3 is 1. The number of nitrogens with one attached hydrogen (secondary N) is 1. The lowest BCUT2D eigenvalue weighted by atomic mass is 9.93. The summed E-state index contributed by atoms with van der Waals surface area (Å²) in [5, 5.41) is 3.32. The van der Waals surface area contributed by atoms with Crippen molar-refractivity contribution < 1.29 is 27.8 Å². The van der Waals surface area contributed by atoms with Crippen LogP contribution in [0.1, 0.15) is 30.4 Å². The summed E-state index contributed by atoms with van der Waals surface area (Å²) >= 11 is 3.34. The molecule has 1 fully saturated rings. The minimum atomic E-state index is -0.368. The highest BCUT2D eigenvalue weighted by Gasteiger charge is 2.35. The van der Waals surface area contributed by atoms with Crippen LogP contribution in [0.4, 0.5) is 8.78 Å². The normalized spacial score (nSPS) is 15.1. The monoisotopic (exact) mass is 612 g/mol. The van der Waals surface area contributed by atoms with Crippen LogP contribution < -0.4 is 19.5 Å². The molecule has 0 unspecified atom stereocenters. The van der Waals surface area contributed by atoms with Crippen molar-refractivity contribution in [1.29, 1.82) is 0 Å². The number of ether oxygens (including phenoxy) is 3. The first kappa shape index (κ1) is 28.1. The fourth-order valence-electron chi connectivity index (χ4n) is 4.77. The van der Waals surface area contributed by atoms with Crippen molar-refractivity contribution in [1.82, 2.24) is 10.2 Å². The van der Waals surface area contributed by atoms with Crippen molar-refractivity contribution in [3.8, 4) is 17.2 Å². The van der Waals surface area contributed by atoms with Crippen LogP contribution in [0.25, 0.3) is 5.57 Å². The van der Waals surface area contributed by atoms with E-state index in [1.54, 1.807) is 30.2 Å². The smallest absolute Gasteiger partial charge is 0.251 e. The van der Waals surface area contributed by atoms with Crippen LogP contribution in [0.2, 0.25) is 0 Å². The van der Waals surface area contributed by atoms with Gasteiger partial charge in [0.15, 0.2) is 0 Å². The van der Waals surface area contributed by atoms with Gasteiger partial charge < -0.3 is 24.4 Å². The Labute approximate surface area is 241 Å². The molecule has 0 radical (unpaired) electrons. The molecular formula is C31H31BrF2N2O4. The molecule has 0 spiro atoms. The van der Waals surface area contributed by atoms with Gasteiger partial charge in [-0.05, 0) is 95.3 Å². The molecule has 3 aromatic rings. The van der Waals surface area contributed by atoms with Crippen molar-refractivity contribution in [3.05, 3.63) is 93.5 Å². The van der Waals surface area contributed by atoms with Gasteiger partial charge in [0, 0.05) is 36.3 Å². The van der Waals surface area contributed by atoms with Gasteiger partial charge in [-0.2, -0.15) is 0 Å². The van der Waals surface area contributed by atoms with Gasteiger partial charge in [-0.25, -0.2) is 8.78 Å². The largest absolute Gasteiger partial charge is 0.497 e. The molecule has 40 heavy (non-hydrogen) atoms. The first-order chi connectivity index (χ1) is 19.4. The second-order valence-corrected chi connectivity index (χ2v) is 10.7. The highest BCUT2D eigenvalue weighted by atomic mass is 79.9. The lowest BCUT2D eigenvalue weighted by Gasteiger charge is -2.28. The molecule has 210 valence electrons. The SMILES string of the molecule is COc1ccc(F)c(CN(C(=O)C2=C(c3ccc(OCCOc4cc(F)ccc4Br)cc3)CCNC2)C2CC2)c1. The van der Waals surface area contributed by atoms with E-state index in [-0.39, 0.29) is 43.3 Å². The molecule has 0 bridgehead atoms. The third kappa shape index (κ3) is 6.82. The molecule has 0 aromatic heterocycles. The highest BCUT2D eigenvalue weighted by Crippen LogP contribution is 2.34. The van der Waals surface area contributed by atoms with E-state index in [2.05, 4.69) is 21.2 Å². The summed E-state index contributed by atoms with van der Waals surface area (Å²) < 4.78 is 45.4. The standard InChI is InChI=1S/C31H31BrF2N2O4/c1-38-25-9-11-29(34)21(16-25)19-36(23-5-6-23)31(37)27-18-35-13-12-26(27)20-2-7-24(8-3-20)39-14-15-40-30-17-22(33)4-10-28(30)32/h2-4,7-11,16-17,23,35H,5-6,12-15,18-19H2,1H3. The third-order valence-electron chi connectivity index (χ3n) is 7.02. The molecule has 1 heterocycles. The van der Waals surface area contributed by atoms with E-state index in [1.165, 1.54) is 18.2 Å². The number of carbonyl (C=O) groups excluding carboxylic acids is 1. The molecule has 1 saturated carbocycles. The summed E-state index contributed by atoms with van der Waals surface area (Å²) in [6.45, 7) is 1.97. The number of hydrogen-bond donors (Lipinski definition) is 1. The number of nitrogens with zero attached hydrogens (tertiary/aromatic N) is 1. The van der Waals surface area contributed by atoms with Gasteiger partial charge in [-0.3, -0.25) is 4.79 Å². The molecule has 0 atom stereocenters. The Kier molecular flexibility index (Phi) is 9.01. The maximum Gasteiger partial charge on any atom is 0.251 e. The number of carbonyl (C=O) groups is 1. The molecule has 2 aliphatic rings. The topological polar surface area (TPSA) is 60.0 Å². The molecule has 1 N–H and O–H groups in total. The van der Waals surface area contributed by atoms with Crippen LogP contribution in [-0.4, -0.2) is 50.3 Å². The van der Waals surface area contributed by atoms with Crippen molar-refractivity contribution in [2.45, 2.75) is 31.8 Å². The molecular weight excluding hydrogens is 582 g/mol. The van der Waals surface area contributed by atoms with Crippen molar-refractivity contribution >= 4 is 27.4 Å². The van der Waals surface area contributed by atoms with Gasteiger partial charge >= 0.3 is 0 Å². The van der Waals surface area contributed by atoms with Gasteiger partial charge in [0.2, 0.25) is 0 Å². The number of benzene rings is 3. The zero-order valence-corrected chi connectivity index (χ0v) is 23.8. The second kappa shape index (κ2) is 12.8. The summed E-state index contributed by atoms with van der Waals surface area (Å²) in [6.07, 6.45) is 2.54.